The molecule has 19 nitrogen and oxygen atoms in total. The number of benzene rings is 2. The fraction of sp³-hybridized carbons (Fsp3) is 0.546. The van der Waals surface area contributed by atoms with Crippen LogP contribution < -0.4 is 0 Å². The van der Waals surface area contributed by atoms with Crippen molar-refractivity contribution in [1.29, 1.82) is 0 Å². The Balaban J connectivity index is 0.0000000956. The summed E-state index contributed by atoms with van der Waals surface area (Å²) in [7, 11) is 4.02. The molecule has 12 saturated heterocycles. The number of unbranched alkanes of at least 4 members (excludes halogenated alkanes) is 2. The number of carbonyl (C=O) groups excluding carboxylic acids is 6. The van der Waals surface area contributed by atoms with Crippen LogP contribution in [0.1, 0.15) is 237 Å². The normalized spacial score (nSPS) is 35.5. The maximum absolute atomic E-state index is 12.1. The van der Waals surface area contributed by atoms with Crippen LogP contribution in [-0.2, 0) is 63.6 Å². The molecule has 6 spiro atoms. The predicted molar refractivity (Wildman–Crippen MR) is 528 cm³/mol. The Hall–Kier alpha value is -10.8. The third-order valence-corrected chi connectivity index (χ3v) is 34.5. The second-order valence-electron chi connectivity index (χ2n) is 43.5. The zero-order chi connectivity index (χ0) is 94.2. The lowest BCUT2D eigenvalue weighted by atomic mass is 9.77. The summed E-state index contributed by atoms with van der Waals surface area (Å²) in [5.74, 6) is 39.9. The van der Waals surface area contributed by atoms with Crippen molar-refractivity contribution in [2.75, 3.05) is 59.9 Å². The Bertz CT molecular complexity index is 6020. The highest BCUT2D eigenvalue weighted by molar-refractivity contribution is 5.94. The fourth-order valence-corrected chi connectivity index (χ4v) is 28.8. The minimum atomic E-state index is -0.447. The number of hydrogen-bond donors (Lipinski definition) is 0. The van der Waals surface area contributed by atoms with Crippen LogP contribution in [0.5, 0.6) is 0 Å². The van der Waals surface area contributed by atoms with Gasteiger partial charge >= 0.3 is 35.8 Å². The second-order valence-corrected chi connectivity index (χ2v) is 43.5. The summed E-state index contributed by atoms with van der Waals surface area (Å²) >= 11 is 0. The van der Waals surface area contributed by atoms with Crippen molar-refractivity contribution in [3.63, 3.8) is 0 Å². The average molecular weight is 1850 g/mol. The van der Waals surface area contributed by atoms with Gasteiger partial charge < -0.3 is 28.4 Å². The van der Waals surface area contributed by atoms with Gasteiger partial charge in [0.25, 0.3) is 0 Å². The summed E-state index contributed by atoms with van der Waals surface area (Å²) < 4.78 is 35.4. The maximum Gasteiger partial charge on any atom is 0.332 e. The van der Waals surface area contributed by atoms with Crippen LogP contribution in [0.2, 0.25) is 0 Å². The van der Waals surface area contributed by atoms with E-state index >= 15 is 0 Å². The monoisotopic (exact) mass is 1850 g/mol. The van der Waals surface area contributed by atoms with Gasteiger partial charge in [-0.3, -0.25) is 34.3 Å². The van der Waals surface area contributed by atoms with Crippen molar-refractivity contribution in [1.82, 2.24) is 34.3 Å². The van der Waals surface area contributed by atoms with Crippen LogP contribution in [-0.4, -0.2) is 236 Å². The molecule has 0 unspecified atom stereocenters. The molecule has 0 aromatic heterocycles. The standard InChI is InChI=1S/C22H21NO2.C21H19NO2.C20H23NO2.2C19H23NO2.C18H22N2O2/c24-21-14-19-17(10-6-9-16-7-2-1-3-8-16)13-18-15-22(19,25-21)20-11-4-5-12-23(18)20;23-20-13-18-16(10-9-15-6-2-1-3-7-15)12-17-14-21(18,24-20)19-8-4-5-11-22(17)19;22-19-12-17-15(9-8-14-5-1-2-6-14)11-16-13-20(17,23-19)18-7-3-4-10-21(16)18;1-13(2)6-5-7-14-10-15-12-19(16(14)11-18(21)22-19)17-8-3-4-9-20(15)17;1-2-3-4-5-8-14-11-15-13-19(16(14)12-18(21)22-19)17-9-6-7-10-20(15)17;1-19(2)8-5-6-13-10-14-12-18(15(13)11-17(21)22-18)16-7-3-4-9-20(14)16/h1-3,7-8,13-14,18,20H,4-5,9,11-12,15H2;1-3,6-7,12-13,17,19H,4-5,8,11,14H2;11-12,14,16,18H,1-7,10,13H2;10-11,13,15,17H,3-4,6,8-9,12H2,1-2H3;11-12,15,17H,2-4,6-7,9-10,13H2,1H3;10-11,14,16H,3-4,7-9,12H2,1-2H3/t18-,20-,22+;17-,19-,21+;16-,18-,20+;2*15-,17-,19+;14-,16-,18+/m111111/s1. The maximum atomic E-state index is 12.1. The summed E-state index contributed by atoms with van der Waals surface area (Å²) in [6.07, 6.45) is 60.9. The Kier molecular flexibility index (Phi) is 25.4. The summed E-state index contributed by atoms with van der Waals surface area (Å²) in [4.78, 5) is 89.6. The predicted octanol–water partition coefficient (Wildman–Crippen LogP) is 16.0. The summed E-state index contributed by atoms with van der Waals surface area (Å²) in [5, 5.41) is 0. The van der Waals surface area contributed by atoms with E-state index in [2.05, 4.69) is 175 Å². The van der Waals surface area contributed by atoms with Gasteiger partial charge in [0.05, 0.1) is 42.8 Å². The lowest BCUT2D eigenvalue weighted by molar-refractivity contribution is -0.149. The topological polar surface area (TPSA) is 180 Å². The van der Waals surface area contributed by atoms with Crippen molar-refractivity contribution in [3.05, 3.63) is 212 Å². The number of carbonyl (C=O) groups is 6. The van der Waals surface area contributed by atoms with E-state index in [9.17, 15) is 28.8 Å². The van der Waals surface area contributed by atoms with Crippen molar-refractivity contribution < 1.29 is 57.2 Å². The first-order valence-electron chi connectivity index (χ1n) is 52.5. The molecule has 12 bridgehead atoms. The number of esters is 6. The molecule has 138 heavy (non-hydrogen) atoms. The van der Waals surface area contributed by atoms with Gasteiger partial charge in [-0.25, -0.2) is 28.8 Å². The molecule has 13 fully saturated rings. The van der Waals surface area contributed by atoms with Gasteiger partial charge in [-0.1, -0.05) is 235 Å². The third-order valence-electron chi connectivity index (χ3n) is 34.5. The SMILES string of the molecule is CC(C)CC#CC1=C[C@@H]2C[C@@]3(OC(=O)C=C13)[C@H]1CCCCN21.CCCCC#CC1=C[C@@H]2C[C@@]3(OC(=O)C=C13)[C@H]1CCCCN21.CN(C)CC#CC1=C[C@@H]2C[C@@]3(OC(=O)C=C13)[C@H]1CCCCN21.O=C1C=C2C(C#CC3CCCC3)=C[C@@H]3C[C@@]2(O1)[C@H]1CCCCN31.O=C1C=C2C(C#CCc3ccccc3)=C[C@@H]3C[C@@]2(O1)[C@H]1CCCCN31.O=C1C=C2C(C#Cc3ccccc3)=C[C@@H]3C[C@@]2(O1)[C@H]1CCCCN31. The van der Waals surface area contributed by atoms with E-state index in [4.69, 9.17) is 28.4 Å². The molecule has 2 aromatic carbocycles. The summed E-state index contributed by atoms with van der Waals surface area (Å²) in [6, 6.07) is 24.6. The number of nitrogens with zero attached hydrogens (tertiary/aromatic N) is 7. The summed E-state index contributed by atoms with van der Waals surface area (Å²) in [6.45, 7) is 13.9. The number of hydrogen-bond acceptors (Lipinski definition) is 19. The third kappa shape index (κ3) is 16.7. The van der Waals surface area contributed by atoms with Crippen LogP contribution in [0.15, 0.2) is 200 Å². The van der Waals surface area contributed by atoms with E-state index in [-0.39, 0.29) is 35.8 Å². The Labute approximate surface area is 815 Å². The van der Waals surface area contributed by atoms with Gasteiger partial charge in [0.1, 0.15) is 0 Å². The molecule has 7 aliphatic carbocycles. The Morgan fingerprint density at radius 2 is 0.630 bits per heavy atom. The van der Waals surface area contributed by atoms with E-state index in [1.165, 1.54) is 115 Å². The minimum Gasteiger partial charge on any atom is -0.449 e. The Morgan fingerprint density at radius 3 is 0.949 bits per heavy atom. The molecule has 714 valence electrons. The molecule has 27 rings (SSSR count). The minimum absolute atomic E-state index is 0.165. The molecule has 25 aliphatic rings. The molecular weight excluding hydrogens is 1720 g/mol. The fourth-order valence-electron chi connectivity index (χ4n) is 28.8. The van der Waals surface area contributed by atoms with Gasteiger partial charge in [0.15, 0.2) is 33.6 Å². The zero-order valence-corrected chi connectivity index (χ0v) is 81.1. The van der Waals surface area contributed by atoms with Crippen LogP contribution in [0.25, 0.3) is 0 Å². The number of ether oxygens (including phenoxy) is 6. The highest BCUT2D eigenvalue weighted by atomic mass is 16.6. The van der Waals surface area contributed by atoms with Gasteiger partial charge in [0, 0.05) is 209 Å². The van der Waals surface area contributed by atoms with Crippen LogP contribution in [0.3, 0.4) is 0 Å². The van der Waals surface area contributed by atoms with Gasteiger partial charge in [0.2, 0.25) is 0 Å². The van der Waals surface area contributed by atoms with E-state index in [0.717, 1.165) is 221 Å². The molecule has 2 aromatic rings. The molecule has 18 atom stereocenters. The smallest absolute Gasteiger partial charge is 0.332 e. The van der Waals surface area contributed by atoms with Gasteiger partial charge in [-0.15, -0.1) is 0 Å². The van der Waals surface area contributed by atoms with Crippen molar-refractivity contribution in [3.8, 4) is 71.0 Å². The van der Waals surface area contributed by atoms with E-state index in [1.807, 2.05) is 62.6 Å². The second kappa shape index (κ2) is 38.0. The molecule has 0 N–H and O–H groups in total. The summed E-state index contributed by atoms with van der Waals surface area (Å²) in [5.41, 5.74) is 12.2. The van der Waals surface area contributed by atoms with Crippen molar-refractivity contribution >= 4 is 35.8 Å². The van der Waals surface area contributed by atoms with Crippen molar-refractivity contribution in [2.24, 2.45) is 11.8 Å². The first-order chi connectivity index (χ1) is 67.2. The zero-order valence-electron chi connectivity index (χ0n) is 81.1. The van der Waals surface area contributed by atoms with Crippen LogP contribution in [0, 0.1) is 82.9 Å². The molecule has 19 heteroatoms. The van der Waals surface area contributed by atoms with Gasteiger partial charge in [-0.2, -0.15) is 0 Å². The number of rotatable bonds is 5. The highest BCUT2D eigenvalue weighted by Crippen LogP contribution is 2.61. The van der Waals surface area contributed by atoms with Crippen LogP contribution >= 0.6 is 0 Å². The first-order valence-corrected chi connectivity index (χ1v) is 52.5. The molecule has 18 heterocycles. The number of fused-ring (bicyclic) bond motifs is 18. The van der Waals surface area contributed by atoms with E-state index in [1.54, 1.807) is 36.5 Å². The quantitative estimate of drug-likeness (QED) is 0.119. The molecular formula is C119H131N7O12. The van der Waals surface area contributed by atoms with Gasteiger partial charge in [-0.05, 0) is 173 Å². The molecule has 1 saturated carbocycles. The van der Waals surface area contributed by atoms with Crippen LogP contribution in [0.4, 0.5) is 0 Å². The lowest BCUT2D eigenvalue weighted by Gasteiger charge is -2.38. The van der Waals surface area contributed by atoms with E-state index in [0.29, 0.717) is 84.3 Å². The highest BCUT2D eigenvalue weighted by Gasteiger charge is 2.68. The molecule has 0 radical (unpaired) electrons. The Morgan fingerprint density at radius 1 is 0.341 bits per heavy atom. The first kappa shape index (κ1) is 92.3. The van der Waals surface area contributed by atoms with E-state index < -0.39 is 33.6 Å². The average Bonchev–Trinajstić information content (AvgIpc) is 1.58. The largest absolute Gasteiger partial charge is 0.449 e. The van der Waals surface area contributed by atoms with Crippen molar-refractivity contribution in [2.45, 2.75) is 339 Å². The molecule has 18 aliphatic heterocycles. The number of piperidine rings is 6. The lowest BCUT2D eigenvalue weighted by Crippen LogP contribution is -2.48. The molecule has 0 amide bonds.